The maximum absolute atomic E-state index is 12.2. The molecule has 5 nitrogen and oxygen atoms in total. The predicted molar refractivity (Wildman–Crippen MR) is 84.1 cm³/mol. The van der Waals surface area contributed by atoms with E-state index in [0.29, 0.717) is 4.47 Å². The number of aromatic amines is 1. The number of hydrogen-bond acceptors (Lipinski definition) is 4. The summed E-state index contributed by atoms with van der Waals surface area (Å²) in [5.74, 6) is 0.761. The van der Waals surface area contributed by atoms with Crippen LogP contribution in [0.4, 0.5) is 0 Å². The normalized spacial score (nSPS) is 22.2. The number of likely N-dealkylation sites (N-methyl/N-ethyl adjacent to an activating group) is 2. The first kappa shape index (κ1) is 15.7. The van der Waals surface area contributed by atoms with Crippen LogP contribution < -0.4 is 5.56 Å². The third kappa shape index (κ3) is 3.13. The highest BCUT2D eigenvalue weighted by Crippen LogP contribution is 2.27. The molecule has 0 saturated carbocycles. The van der Waals surface area contributed by atoms with Crippen LogP contribution in [0, 0.1) is 0 Å². The van der Waals surface area contributed by atoms with E-state index in [1.165, 1.54) is 0 Å². The molecule has 1 aromatic rings. The van der Waals surface area contributed by atoms with Gasteiger partial charge < -0.3 is 9.88 Å². The second-order valence-electron chi connectivity index (χ2n) is 6.62. The van der Waals surface area contributed by atoms with Gasteiger partial charge in [0.1, 0.15) is 10.3 Å². The SMILES string of the molecule is CN1CCN(C)C(c2nc(C(C)(C)C)c(Br)c(=O)[nH]2)C1. The van der Waals surface area contributed by atoms with Gasteiger partial charge >= 0.3 is 0 Å². The Hall–Kier alpha value is -0.720. The summed E-state index contributed by atoms with van der Waals surface area (Å²) in [6, 6.07) is 0.135. The Morgan fingerprint density at radius 3 is 2.55 bits per heavy atom. The Morgan fingerprint density at radius 1 is 1.30 bits per heavy atom. The zero-order chi connectivity index (χ0) is 15.1. The number of piperazine rings is 1. The molecule has 1 N–H and O–H groups in total. The van der Waals surface area contributed by atoms with Gasteiger partial charge in [0, 0.05) is 25.0 Å². The molecule has 0 aromatic carbocycles. The van der Waals surface area contributed by atoms with E-state index >= 15 is 0 Å². The fourth-order valence-corrected chi connectivity index (χ4v) is 3.22. The molecule has 2 rings (SSSR count). The van der Waals surface area contributed by atoms with Gasteiger partial charge in [-0.3, -0.25) is 9.69 Å². The Balaban J connectivity index is 2.47. The van der Waals surface area contributed by atoms with Crippen LogP contribution in [0.3, 0.4) is 0 Å². The smallest absolute Gasteiger partial charge is 0.265 e. The molecule has 1 aliphatic rings. The summed E-state index contributed by atoms with van der Waals surface area (Å²) in [5, 5.41) is 0. The van der Waals surface area contributed by atoms with Gasteiger partial charge in [-0.1, -0.05) is 20.8 Å². The molecule has 0 amide bonds. The maximum Gasteiger partial charge on any atom is 0.265 e. The van der Waals surface area contributed by atoms with E-state index in [-0.39, 0.29) is 17.0 Å². The molecule has 20 heavy (non-hydrogen) atoms. The van der Waals surface area contributed by atoms with Gasteiger partial charge in [0.2, 0.25) is 0 Å². The minimum absolute atomic E-state index is 0.0958. The van der Waals surface area contributed by atoms with E-state index in [1.807, 2.05) is 0 Å². The molecule has 1 unspecified atom stereocenters. The van der Waals surface area contributed by atoms with Crippen molar-refractivity contribution in [2.24, 2.45) is 0 Å². The van der Waals surface area contributed by atoms with Crippen LogP contribution in [0.15, 0.2) is 9.27 Å². The summed E-state index contributed by atoms with van der Waals surface area (Å²) in [4.78, 5) is 24.3. The molecule has 0 radical (unpaired) electrons. The third-order valence-electron chi connectivity index (χ3n) is 3.76. The van der Waals surface area contributed by atoms with Crippen molar-refractivity contribution in [2.45, 2.75) is 32.2 Å². The van der Waals surface area contributed by atoms with Crippen LogP contribution in [0.1, 0.15) is 38.3 Å². The molecular formula is C14H23BrN4O. The van der Waals surface area contributed by atoms with Gasteiger partial charge in [-0.15, -0.1) is 0 Å². The Morgan fingerprint density at radius 2 is 1.95 bits per heavy atom. The van der Waals surface area contributed by atoms with Crippen molar-refractivity contribution < 1.29 is 0 Å². The number of H-pyrrole nitrogens is 1. The van der Waals surface area contributed by atoms with Crippen molar-refractivity contribution >= 4 is 15.9 Å². The zero-order valence-corrected chi connectivity index (χ0v) is 14.4. The van der Waals surface area contributed by atoms with Crippen molar-refractivity contribution in [3.05, 3.63) is 26.3 Å². The zero-order valence-electron chi connectivity index (χ0n) is 12.8. The fourth-order valence-electron chi connectivity index (χ4n) is 2.44. The number of hydrogen-bond donors (Lipinski definition) is 1. The number of nitrogens with one attached hydrogen (secondary N) is 1. The minimum Gasteiger partial charge on any atom is -0.308 e. The molecule has 1 aromatic heterocycles. The lowest BCUT2D eigenvalue weighted by Gasteiger charge is -2.37. The number of nitrogens with zero attached hydrogens (tertiary/aromatic N) is 3. The van der Waals surface area contributed by atoms with Gasteiger partial charge in [0.15, 0.2) is 0 Å². The molecule has 2 heterocycles. The van der Waals surface area contributed by atoms with E-state index in [2.05, 4.69) is 65.6 Å². The third-order valence-corrected chi connectivity index (χ3v) is 4.49. The lowest BCUT2D eigenvalue weighted by atomic mass is 9.92. The molecule has 1 fully saturated rings. The van der Waals surface area contributed by atoms with Gasteiger partial charge in [0.25, 0.3) is 5.56 Å². The van der Waals surface area contributed by atoms with Crippen LogP contribution in [-0.2, 0) is 5.41 Å². The summed E-state index contributed by atoms with van der Waals surface area (Å²) in [5.41, 5.74) is 0.556. The molecule has 1 atom stereocenters. The summed E-state index contributed by atoms with van der Waals surface area (Å²) >= 11 is 3.37. The highest BCUT2D eigenvalue weighted by atomic mass is 79.9. The molecule has 0 bridgehead atoms. The summed E-state index contributed by atoms with van der Waals surface area (Å²) < 4.78 is 0.542. The Kier molecular flexibility index (Phi) is 4.37. The quantitative estimate of drug-likeness (QED) is 0.844. The highest BCUT2D eigenvalue weighted by Gasteiger charge is 2.29. The average Bonchev–Trinajstić information content (AvgIpc) is 2.34. The number of halogens is 1. The first-order valence-electron chi connectivity index (χ1n) is 6.89. The van der Waals surface area contributed by atoms with Crippen LogP contribution >= 0.6 is 15.9 Å². The van der Waals surface area contributed by atoms with Crippen LogP contribution in [0.5, 0.6) is 0 Å². The highest BCUT2D eigenvalue weighted by molar-refractivity contribution is 9.10. The second kappa shape index (κ2) is 5.58. The van der Waals surface area contributed by atoms with Crippen LogP contribution in [0.25, 0.3) is 0 Å². The minimum atomic E-state index is -0.166. The van der Waals surface area contributed by atoms with Crippen molar-refractivity contribution in [2.75, 3.05) is 33.7 Å². The lowest BCUT2D eigenvalue weighted by Crippen LogP contribution is -2.46. The summed E-state index contributed by atoms with van der Waals surface area (Å²) in [6.45, 7) is 9.11. The standard InChI is InChI=1S/C14H23BrN4O/c1-14(2,3)11-10(15)13(20)17-12(16-11)9-8-18(4)6-7-19(9)5/h9H,6-8H2,1-5H3,(H,16,17,20). The molecular weight excluding hydrogens is 320 g/mol. The molecule has 6 heteroatoms. The maximum atomic E-state index is 12.2. The summed E-state index contributed by atoms with van der Waals surface area (Å²) in [7, 11) is 4.18. The second-order valence-corrected chi connectivity index (χ2v) is 7.42. The summed E-state index contributed by atoms with van der Waals surface area (Å²) in [6.07, 6.45) is 0. The van der Waals surface area contributed by atoms with Gasteiger partial charge in [-0.05, 0) is 30.0 Å². The lowest BCUT2D eigenvalue weighted by molar-refractivity contribution is 0.109. The van der Waals surface area contributed by atoms with Crippen molar-refractivity contribution in [1.82, 2.24) is 19.8 Å². The van der Waals surface area contributed by atoms with Crippen molar-refractivity contribution in [1.29, 1.82) is 0 Å². The predicted octanol–water partition coefficient (Wildman–Crippen LogP) is 1.75. The van der Waals surface area contributed by atoms with Gasteiger partial charge in [-0.2, -0.15) is 0 Å². The fraction of sp³-hybridized carbons (Fsp3) is 0.714. The van der Waals surface area contributed by atoms with Crippen molar-refractivity contribution in [3.63, 3.8) is 0 Å². The molecule has 0 aliphatic carbocycles. The first-order chi connectivity index (χ1) is 9.20. The number of aromatic nitrogens is 2. The molecule has 112 valence electrons. The first-order valence-corrected chi connectivity index (χ1v) is 7.68. The van der Waals surface area contributed by atoms with E-state index < -0.39 is 0 Å². The van der Waals surface area contributed by atoms with Gasteiger partial charge in [-0.25, -0.2) is 4.98 Å². The number of rotatable bonds is 1. The largest absolute Gasteiger partial charge is 0.308 e. The van der Waals surface area contributed by atoms with Crippen LogP contribution in [0.2, 0.25) is 0 Å². The molecule has 1 saturated heterocycles. The average molecular weight is 343 g/mol. The van der Waals surface area contributed by atoms with Crippen molar-refractivity contribution in [3.8, 4) is 0 Å². The van der Waals surface area contributed by atoms with E-state index in [1.54, 1.807) is 0 Å². The monoisotopic (exact) mass is 342 g/mol. The molecule has 0 spiro atoms. The Bertz CT molecular complexity index is 549. The Labute approximate surface area is 128 Å². The van der Waals surface area contributed by atoms with Gasteiger partial charge in [0.05, 0.1) is 11.7 Å². The van der Waals surface area contributed by atoms with E-state index in [9.17, 15) is 4.79 Å². The van der Waals surface area contributed by atoms with E-state index in [4.69, 9.17) is 4.98 Å². The topological polar surface area (TPSA) is 52.2 Å². The molecule has 1 aliphatic heterocycles. The van der Waals surface area contributed by atoms with Crippen LogP contribution in [-0.4, -0.2) is 53.5 Å². The van der Waals surface area contributed by atoms with E-state index in [0.717, 1.165) is 31.2 Å².